The SMILES string of the molecule is O=C(Nc1ccccc1-n1cccn1)c1ccc([N+](=O)[O-])cc1F. The molecular weight excluding hydrogens is 315 g/mol. The number of non-ortho nitro benzene ring substituents is 1. The van der Waals surface area contributed by atoms with E-state index in [1.165, 1.54) is 0 Å². The fraction of sp³-hybridized carbons (Fsp3) is 0. The Morgan fingerprint density at radius 2 is 2.00 bits per heavy atom. The summed E-state index contributed by atoms with van der Waals surface area (Å²) in [5.41, 5.74) is 0.346. The number of benzene rings is 2. The number of hydrogen-bond donors (Lipinski definition) is 1. The molecule has 0 saturated heterocycles. The quantitative estimate of drug-likeness (QED) is 0.589. The van der Waals surface area contributed by atoms with E-state index >= 15 is 0 Å². The lowest BCUT2D eigenvalue weighted by atomic mass is 10.1. The van der Waals surface area contributed by atoms with Crippen molar-refractivity contribution in [3.63, 3.8) is 0 Å². The maximum Gasteiger partial charge on any atom is 0.272 e. The summed E-state index contributed by atoms with van der Waals surface area (Å²) in [6.07, 6.45) is 3.30. The van der Waals surface area contributed by atoms with Gasteiger partial charge in [-0.05, 0) is 24.3 Å². The summed E-state index contributed by atoms with van der Waals surface area (Å²) in [6, 6.07) is 11.5. The topological polar surface area (TPSA) is 90.1 Å². The largest absolute Gasteiger partial charge is 0.320 e. The van der Waals surface area contributed by atoms with Gasteiger partial charge in [-0.2, -0.15) is 5.10 Å². The molecule has 120 valence electrons. The van der Waals surface area contributed by atoms with Crippen molar-refractivity contribution in [2.75, 3.05) is 5.32 Å². The summed E-state index contributed by atoms with van der Waals surface area (Å²) in [6.45, 7) is 0. The van der Waals surface area contributed by atoms with Crippen molar-refractivity contribution in [1.82, 2.24) is 9.78 Å². The summed E-state index contributed by atoms with van der Waals surface area (Å²) < 4.78 is 15.5. The minimum Gasteiger partial charge on any atom is -0.320 e. The predicted molar refractivity (Wildman–Crippen MR) is 84.6 cm³/mol. The van der Waals surface area contributed by atoms with Crippen molar-refractivity contribution in [2.45, 2.75) is 0 Å². The van der Waals surface area contributed by atoms with E-state index in [2.05, 4.69) is 10.4 Å². The molecule has 3 rings (SSSR count). The van der Waals surface area contributed by atoms with Crippen LogP contribution in [0.1, 0.15) is 10.4 Å². The molecule has 8 heteroatoms. The Hall–Kier alpha value is -3.55. The Morgan fingerprint density at radius 3 is 2.67 bits per heavy atom. The first kappa shape index (κ1) is 15.3. The van der Waals surface area contributed by atoms with E-state index < -0.39 is 22.3 Å². The Labute approximate surface area is 135 Å². The van der Waals surface area contributed by atoms with Gasteiger partial charge in [-0.15, -0.1) is 0 Å². The summed E-state index contributed by atoms with van der Waals surface area (Å²) >= 11 is 0. The van der Waals surface area contributed by atoms with Gasteiger partial charge in [0.2, 0.25) is 0 Å². The number of aromatic nitrogens is 2. The van der Waals surface area contributed by atoms with Crippen LogP contribution in [-0.2, 0) is 0 Å². The first-order valence-corrected chi connectivity index (χ1v) is 6.90. The molecule has 24 heavy (non-hydrogen) atoms. The third kappa shape index (κ3) is 2.98. The Balaban J connectivity index is 1.90. The first-order chi connectivity index (χ1) is 11.6. The number of para-hydroxylation sites is 2. The minimum atomic E-state index is -0.960. The molecule has 1 amide bonds. The van der Waals surface area contributed by atoms with E-state index in [0.717, 1.165) is 12.1 Å². The monoisotopic (exact) mass is 326 g/mol. The highest BCUT2D eigenvalue weighted by Crippen LogP contribution is 2.22. The number of nitrogens with zero attached hydrogens (tertiary/aromatic N) is 3. The number of halogens is 1. The van der Waals surface area contributed by atoms with Crippen LogP contribution in [-0.4, -0.2) is 20.6 Å². The summed E-state index contributed by atoms with van der Waals surface area (Å²) in [5, 5.41) is 17.3. The summed E-state index contributed by atoms with van der Waals surface area (Å²) in [7, 11) is 0. The molecule has 0 atom stereocenters. The van der Waals surface area contributed by atoms with Gasteiger partial charge in [0.05, 0.1) is 27.9 Å². The molecule has 0 aliphatic rings. The molecule has 2 aromatic carbocycles. The molecule has 1 aromatic heterocycles. The molecule has 7 nitrogen and oxygen atoms in total. The third-order valence-corrected chi connectivity index (χ3v) is 3.31. The van der Waals surface area contributed by atoms with Crippen molar-refractivity contribution in [1.29, 1.82) is 0 Å². The van der Waals surface area contributed by atoms with Crippen LogP contribution < -0.4 is 5.32 Å². The first-order valence-electron chi connectivity index (χ1n) is 6.90. The van der Waals surface area contributed by atoms with Gasteiger partial charge in [0.15, 0.2) is 0 Å². The third-order valence-electron chi connectivity index (χ3n) is 3.31. The lowest BCUT2D eigenvalue weighted by molar-refractivity contribution is -0.385. The normalized spacial score (nSPS) is 10.4. The van der Waals surface area contributed by atoms with Crippen LogP contribution in [0.4, 0.5) is 15.8 Å². The van der Waals surface area contributed by atoms with Gasteiger partial charge < -0.3 is 5.32 Å². The molecule has 0 aliphatic heterocycles. The highest BCUT2D eigenvalue weighted by molar-refractivity contribution is 6.05. The van der Waals surface area contributed by atoms with Gasteiger partial charge in [0, 0.05) is 18.5 Å². The van der Waals surface area contributed by atoms with E-state index in [4.69, 9.17) is 0 Å². The molecule has 3 aromatic rings. The smallest absolute Gasteiger partial charge is 0.272 e. The van der Waals surface area contributed by atoms with E-state index in [0.29, 0.717) is 17.4 Å². The standard InChI is InChI=1S/C16H11FN4O3/c17-13-10-11(21(23)24)6-7-12(13)16(22)19-14-4-1-2-5-15(14)20-9-3-8-18-20/h1-10H,(H,19,22). The van der Waals surface area contributed by atoms with Gasteiger partial charge >= 0.3 is 0 Å². The fourth-order valence-corrected chi connectivity index (χ4v) is 2.18. The van der Waals surface area contributed by atoms with Crippen molar-refractivity contribution in [2.24, 2.45) is 0 Å². The highest BCUT2D eigenvalue weighted by atomic mass is 19.1. The van der Waals surface area contributed by atoms with Crippen LogP contribution in [0.25, 0.3) is 5.69 Å². The van der Waals surface area contributed by atoms with Crippen LogP contribution in [0, 0.1) is 15.9 Å². The lowest BCUT2D eigenvalue weighted by Crippen LogP contribution is -2.15. The van der Waals surface area contributed by atoms with E-state index in [9.17, 15) is 19.3 Å². The van der Waals surface area contributed by atoms with E-state index in [-0.39, 0.29) is 5.56 Å². The number of carbonyl (C=O) groups excluding carboxylic acids is 1. The van der Waals surface area contributed by atoms with Crippen LogP contribution in [0.15, 0.2) is 60.9 Å². The molecule has 1 N–H and O–H groups in total. The van der Waals surface area contributed by atoms with Crippen molar-refractivity contribution < 1.29 is 14.1 Å². The van der Waals surface area contributed by atoms with Gasteiger partial charge in [-0.3, -0.25) is 14.9 Å². The van der Waals surface area contributed by atoms with Crippen molar-refractivity contribution in [3.8, 4) is 5.69 Å². The zero-order valence-electron chi connectivity index (χ0n) is 12.2. The Kier molecular flexibility index (Phi) is 4.02. The molecule has 0 spiro atoms. The van der Waals surface area contributed by atoms with Crippen LogP contribution in [0.2, 0.25) is 0 Å². The molecular formula is C16H11FN4O3. The van der Waals surface area contributed by atoms with Crippen molar-refractivity contribution in [3.05, 3.63) is 82.4 Å². The predicted octanol–water partition coefficient (Wildman–Crippen LogP) is 3.17. The zero-order valence-corrected chi connectivity index (χ0v) is 12.2. The second kappa shape index (κ2) is 6.29. The number of anilines is 1. The molecule has 0 bridgehead atoms. The molecule has 0 aliphatic carbocycles. The fourth-order valence-electron chi connectivity index (χ4n) is 2.18. The molecule has 0 saturated carbocycles. The molecule has 1 heterocycles. The summed E-state index contributed by atoms with van der Waals surface area (Å²) in [4.78, 5) is 22.2. The Bertz CT molecular complexity index is 909. The highest BCUT2D eigenvalue weighted by Gasteiger charge is 2.17. The maximum absolute atomic E-state index is 14.0. The van der Waals surface area contributed by atoms with E-state index in [1.807, 2.05) is 0 Å². The number of hydrogen-bond acceptors (Lipinski definition) is 4. The van der Waals surface area contributed by atoms with E-state index in [1.54, 1.807) is 47.4 Å². The van der Waals surface area contributed by atoms with Gasteiger partial charge in [0.25, 0.3) is 11.6 Å². The van der Waals surface area contributed by atoms with Crippen LogP contribution >= 0.6 is 0 Å². The molecule has 0 radical (unpaired) electrons. The number of rotatable bonds is 4. The van der Waals surface area contributed by atoms with Crippen LogP contribution in [0.5, 0.6) is 0 Å². The number of carbonyl (C=O) groups is 1. The average Bonchev–Trinajstić information content (AvgIpc) is 3.09. The second-order valence-electron chi connectivity index (χ2n) is 4.84. The number of nitro benzene ring substituents is 1. The molecule has 0 unspecified atom stereocenters. The number of amides is 1. The van der Waals surface area contributed by atoms with Crippen molar-refractivity contribution >= 4 is 17.3 Å². The number of nitro groups is 1. The number of nitrogens with one attached hydrogen (secondary N) is 1. The maximum atomic E-state index is 14.0. The summed E-state index contributed by atoms with van der Waals surface area (Å²) in [5.74, 6) is -1.67. The second-order valence-corrected chi connectivity index (χ2v) is 4.84. The van der Waals surface area contributed by atoms with Crippen LogP contribution in [0.3, 0.4) is 0 Å². The van der Waals surface area contributed by atoms with Gasteiger partial charge in [-0.1, -0.05) is 12.1 Å². The lowest BCUT2D eigenvalue weighted by Gasteiger charge is -2.11. The minimum absolute atomic E-state index is 0.282. The van der Waals surface area contributed by atoms with Gasteiger partial charge in [-0.25, -0.2) is 9.07 Å². The molecule has 0 fully saturated rings. The Morgan fingerprint density at radius 1 is 1.21 bits per heavy atom. The zero-order chi connectivity index (χ0) is 17.1. The van der Waals surface area contributed by atoms with Gasteiger partial charge in [0.1, 0.15) is 5.82 Å². The average molecular weight is 326 g/mol.